The SMILES string of the molecule is OC(c1ccco1)C1CCNCC1. The van der Waals surface area contributed by atoms with Gasteiger partial charge in [-0.1, -0.05) is 0 Å². The molecule has 1 unspecified atom stereocenters. The van der Waals surface area contributed by atoms with Crippen LogP contribution in [0.15, 0.2) is 22.8 Å². The van der Waals surface area contributed by atoms with Crippen LogP contribution in [-0.2, 0) is 0 Å². The van der Waals surface area contributed by atoms with Gasteiger partial charge in [0.05, 0.1) is 6.26 Å². The van der Waals surface area contributed by atoms with Gasteiger partial charge in [0.2, 0.25) is 0 Å². The van der Waals surface area contributed by atoms with Crippen molar-refractivity contribution in [2.75, 3.05) is 13.1 Å². The molecule has 0 spiro atoms. The summed E-state index contributed by atoms with van der Waals surface area (Å²) in [6.07, 6.45) is 3.25. The second-order valence-corrected chi connectivity index (χ2v) is 3.55. The topological polar surface area (TPSA) is 45.4 Å². The Hall–Kier alpha value is -0.800. The van der Waals surface area contributed by atoms with Crippen LogP contribution in [-0.4, -0.2) is 18.2 Å². The van der Waals surface area contributed by atoms with E-state index < -0.39 is 6.10 Å². The quantitative estimate of drug-likeness (QED) is 0.723. The van der Waals surface area contributed by atoms with Crippen molar-refractivity contribution in [3.05, 3.63) is 24.2 Å². The first-order chi connectivity index (χ1) is 6.38. The number of nitrogens with one attached hydrogen (secondary N) is 1. The smallest absolute Gasteiger partial charge is 0.132 e. The van der Waals surface area contributed by atoms with Crippen LogP contribution in [0.4, 0.5) is 0 Å². The Morgan fingerprint density at radius 1 is 1.46 bits per heavy atom. The van der Waals surface area contributed by atoms with Crippen molar-refractivity contribution < 1.29 is 9.52 Å². The minimum Gasteiger partial charge on any atom is -0.467 e. The first-order valence-electron chi connectivity index (χ1n) is 4.80. The van der Waals surface area contributed by atoms with Crippen LogP contribution in [0.2, 0.25) is 0 Å². The molecule has 1 aromatic heterocycles. The van der Waals surface area contributed by atoms with E-state index in [9.17, 15) is 5.11 Å². The van der Waals surface area contributed by atoms with Gasteiger partial charge in [-0.15, -0.1) is 0 Å². The Bertz CT molecular complexity index is 239. The third-order valence-electron chi connectivity index (χ3n) is 2.67. The molecule has 3 heteroatoms. The molecule has 0 saturated carbocycles. The molecule has 1 saturated heterocycles. The van der Waals surface area contributed by atoms with E-state index in [4.69, 9.17) is 4.42 Å². The second-order valence-electron chi connectivity index (χ2n) is 3.55. The highest BCUT2D eigenvalue weighted by molar-refractivity contribution is 5.03. The molecular formula is C10H15NO2. The summed E-state index contributed by atoms with van der Waals surface area (Å²) in [7, 11) is 0. The van der Waals surface area contributed by atoms with Crippen LogP contribution >= 0.6 is 0 Å². The maximum absolute atomic E-state index is 9.91. The summed E-state index contributed by atoms with van der Waals surface area (Å²) in [4.78, 5) is 0. The van der Waals surface area contributed by atoms with Crippen molar-refractivity contribution >= 4 is 0 Å². The van der Waals surface area contributed by atoms with E-state index in [2.05, 4.69) is 5.32 Å². The summed E-state index contributed by atoms with van der Waals surface area (Å²) >= 11 is 0. The maximum atomic E-state index is 9.91. The van der Waals surface area contributed by atoms with Gasteiger partial charge >= 0.3 is 0 Å². The normalized spacial score (nSPS) is 21.6. The third kappa shape index (κ3) is 1.92. The summed E-state index contributed by atoms with van der Waals surface area (Å²) < 4.78 is 5.18. The number of rotatable bonds is 2. The van der Waals surface area contributed by atoms with Crippen LogP contribution in [0.1, 0.15) is 24.7 Å². The molecule has 1 atom stereocenters. The molecule has 0 bridgehead atoms. The van der Waals surface area contributed by atoms with Crippen molar-refractivity contribution in [2.45, 2.75) is 18.9 Å². The first-order valence-corrected chi connectivity index (χ1v) is 4.80. The molecule has 1 fully saturated rings. The molecule has 1 aliphatic rings. The summed E-state index contributed by atoms with van der Waals surface area (Å²) in [6.45, 7) is 2.00. The highest BCUT2D eigenvalue weighted by Gasteiger charge is 2.24. The first kappa shape index (κ1) is 8.78. The Kier molecular flexibility index (Phi) is 2.66. The summed E-state index contributed by atoms with van der Waals surface area (Å²) in [5, 5.41) is 13.2. The zero-order chi connectivity index (χ0) is 9.10. The summed E-state index contributed by atoms with van der Waals surface area (Å²) in [5.41, 5.74) is 0. The number of hydrogen-bond donors (Lipinski definition) is 2. The van der Waals surface area contributed by atoms with Crippen LogP contribution in [0.3, 0.4) is 0 Å². The van der Waals surface area contributed by atoms with E-state index >= 15 is 0 Å². The molecule has 2 heterocycles. The minimum atomic E-state index is -0.419. The average molecular weight is 181 g/mol. The molecule has 1 aromatic rings. The van der Waals surface area contributed by atoms with Gasteiger partial charge in [0, 0.05) is 0 Å². The average Bonchev–Trinajstić information content (AvgIpc) is 2.71. The molecule has 2 rings (SSSR count). The number of aliphatic hydroxyl groups is 1. The van der Waals surface area contributed by atoms with E-state index in [1.54, 1.807) is 6.26 Å². The monoisotopic (exact) mass is 181 g/mol. The van der Waals surface area contributed by atoms with Crippen molar-refractivity contribution in [3.63, 3.8) is 0 Å². The van der Waals surface area contributed by atoms with Crippen LogP contribution < -0.4 is 5.32 Å². The fourth-order valence-corrected chi connectivity index (χ4v) is 1.85. The third-order valence-corrected chi connectivity index (χ3v) is 2.67. The second kappa shape index (κ2) is 3.94. The van der Waals surface area contributed by atoms with Crippen molar-refractivity contribution in [2.24, 2.45) is 5.92 Å². The van der Waals surface area contributed by atoms with Gasteiger partial charge in [0.1, 0.15) is 11.9 Å². The molecule has 72 valence electrons. The molecule has 0 aliphatic carbocycles. The standard InChI is InChI=1S/C10H15NO2/c12-10(9-2-1-7-13-9)8-3-5-11-6-4-8/h1-2,7-8,10-12H,3-6H2. The van der Waals surface area contributed by atoms with E-state index in [1.807, 2.05) is 12.1 Å². The predicted octanol–water partition coefficient (Wildman–Crippen LogP) is 1.31. The zero-order valence-corrected chi connectivity index (χ0v) is 7.57. The largest absolute Gasteiger partial charge is 0.467 e. The van der Waals surface area contributed by atoms with Crippen LogP contribution in [0.25, 0.3) is 0 Å². The van der Waals surface area contributed by atoms with Crippen molar-refractivity contribution in [1.82, 2.24) is 5.32 Å². The number of aliphatic hydroxyl groups excluding tert-OH is 1. The molecule has 1 aliphatic heterocycles. The lowest BCUT2D eigenvalue weighted by Crippen LogP contribution is -2.30. The molecule has 0 radical (unpaired) electrons. The molecule has 2 N–H and O–H groups in total. The molecule has 0 aromatic carbocycles. The Labute approximate surface area is 77.8 Å². The van der Waals surface area contributed by atoms with Gasteiger partial charge in [0.25, 0.3) is 0 Å². The Morgan fingerprint density at radius 2 is 2.23 bits per heavy atom. The zero-order valence-electron chi connectivity index (χ0n) is 7.57. The van der Waals surface area contributed by atoms with Crippen LogP contribution in [0.5, 0.6) is 0 Å². The molecule has 3 nitrogen and oxygen atoms in total. The van der Waals surface area contributed by atoms with E-state index in [0.29, 0.717) is 11.7 Å². The summed E-state index contributed by atoms with van der Waals surface area (Å²) in [6, 6.07) is 3.66. The summed E-state index contributed by atoms with van der Waals surface area (Å²) in [5.74, 6) is 1.05. The van der Waals surface area contributed by atoms with Crippen molar-refractivity contribution in [3.8, 4) is 0 Å². The van der Waals surface area contributed by atoms with Gasteiger partial charge in [-0.05, 0) is 44.0 Å². The van der Waals surface area contributed by atoms with Gasteiger partial charge in [-0.2, -0.15) is 0 Å². The van der Waals surface area contributed by atoms with Gasteiger partial charge in [0.15, 0.2) is 0 Å². The highest BCUT2D eigenvalue weighted by atomic mass is 16.4. The predicted molar refractivity (Wildman–Crippen MR) is 49.3 cm³/mol. The lowest BCUT2D eigenvalue weighted by atomic mass is 9.91. The lowest BCUT2D eigenvalue weighted by Gasteiger charge is -2.25. The fraction of sp³-hybridized carbons (Fsp3) is 0.600. The van der Waals surface area contributed by atoms with Gasteiger partial charge in [-0.3, -0.25) is 0 Å². The maximum Gasteiger partial charge on any atom is 0.132 e. The van der Waals surface area contributed by atoms with Crippen LogP contribution in [0, 0.1) is 5.92 Å². The van der Waals surface area contributed by atoms with E-state index in [0.717, 1.165) is 25.9 Å². The molecule has 0 amide bonds. The van der Waals surface area contributed by atoms with E-state index in [1.165, 1.54) is 0 Å². The number of hydrogen-bond acceptors (Lipinski definition) is 3. The highest BCUT2D eigenvalue weighted by Crippen LogP contribution is 2.28. The van der Waals surface area contributed by atoms with E-state index in [-0.39, 0.29) is 0 Å². The Morgan fingerprint density at radius 3 is 2.85 bits per heavy atom. The van der Waals surface area contributed by atoms with Gasteiger partial charge in [-0.25, -0.2) is 0 Å². The Balaban J connectivity index is 1.99. The number of furan rings is 1. The van der Waals surface area contributed by atoms with Gasteiger partial charge < -0.3 is 14.8 Å². The molecule has 13 heavy (non-hydrogen) atoms. The fourth-order valence-electron chi connectivity index (χ4n) is 1.85. The lowest BCUT2D eigenvalue weighted by molar-refractivity contribution is 0.0690. The minimum absolute atomic E-state index is 0.354. The molecular weight excluding hydrogens is 166 g/mol. The van der Waals surface area contributed by atoms with Crippen molar-refractivity contribution in [1.29, 1.82) is 0 Å². The number of piperidine rings is 1.